The zero-order chi connectivity index (χ0) is 18.2. The summed E-state index contributed by atoms with van der Waals surface area (Å²) in [4.78, 5) is 12.2. The van der Waals surface area contributed by atoms with E-state index in [-0.39, 0.29) is 11.7 Å². The molecule has 2 amide bonds. The third kappa shape index (κ3) is 5.11. The van der Waals surface area contributed by atoms with Gasteiger partial charge in [0.25, 0.3) is 0 Å². The maximum atomic E-state index is 13.9. The van der Waals surface area contributed by atoms with Gasteiger partial charge in [0.05, 0.1) is 25.4 Å². The van der Waals surface area contributed by atoms with E-state index >= 15 is 0 Å². The van der Waals surface area contributed by atoms with E-state index in [2.05, 4.69) is 10.6 Å². The topological polar surface area (TPSA) is 59.6 Å². The lowest BCUT2D eigenvalue weighted by Crippen LogP contribution is -2.31. The number of urea groups is 1. The van der Waals surface area contributed by atoms with Crippen LogP contribution < -0.4 is 20.1 Å². The number of halogens is 1. The molecule has 0 aliphatic carbocycles. The average Bonchev–Trinajstić information content (AvgIpc) is 2.61. The van der Waals surface area contributed by atoms with Gasteiger partial charge in [-0.05, 0) is 31.5 Å². The molecular formula is C19H23FN2O3. The van der Waals surface area contributed by atoms with Gasteiger partial charge in [-0.25, -0.2) is 9.18 Å². The molecule has 0 unspecified atom stereocenters. The first-order chi connectivity index (χ1) is 12.0. The predicted octanol–water partition coefficient (Wildman–Crippen LogP) is 4.51. The Hall–Kier alpha value is -2.76. The van der Waals surface area contributed by atoms with Crippen LogP contribution in [0.5, 0.6) is 11.5 Å². The highest BCUT2D eigenvalue weighted by molar-refractivity contribution is 5.89. The Morgan fingerprint density at radius 1 is 1.24 bits per heavy atom. The lowest BCUT2D eigenvalue weighted by molar-refractivity contribution is 0.248. The van der Waals surface area contributed by atoms with Crippen molar-refractivity contribution in [2.24, 2.45) is 0 Å². The van der Waals surface area contributed by atoms with Crippen LogP contribution in [0.25, 0.3) is 0 Å². The molecule has 2 aromatic carbocycles. The van der Waals surface area contributed by atoms with E-state index in [0.717, 1.165) is 17.7 Å². The lowest BCUT2D eigenvalue weighted by Gasteiger charge is -2.18. The van der Waals surface area contributed by atoms with Gasteiger partial charge in [-0.1, -0.05) is 25.1 Å². The number of carbonyl (C=O) groups excluding carboxylic acids is 1. The van der Waals surface area contributed by atoms with E-state index in [9.17, 15) is 9.18 Å². The van der Waals surface area contributed by atoms with E-state index in [1.165, 1.54) is 19.2 Å². The van der Waals surface area contributed by atoms with Crippen molar-refractivity contribution in [3.8, 4) is 11.5 Å². The molecule has 0 fully saturated rings. The van der Waals surface area contributed by atoms with E-state index in [4.69, 9.17) is 9.47 Å². The summed E-state index contributed by atoms with van der Waals surface area (Å²) >= 11 is 0. The highest BCUT2D eigenvalue weighted by Gasteiger charge is 2.15. The molecule has 0 aliphatic rings. The van der Waals surface area contributed by atoms with Crippen LogP contribution in [0.3, 0.4) is 0 Å². The first kappa shape index (κ1) is 18.6. The summed E-state index contributed by atoms with van der Waals surface area (Å²) in [5, 5.41) is 5.29. The number of methoxy groups -OCH3 is 1. The molecule has 0 aliphatic heterocycles. The van der Waals surface area contributed by atoms with E-state index in [1.807, 2.05) is 38.1 Å². The van der Waals surface area contributed by atoms with Crippen LogP contribution >= 0.6 is 0 Å². The number of carbonyl (C=O) groups is 1. The van der Waals surface area contributed by atoms with Gasteiger partial charge in [-0.2, -0.15) is 0 Å². The molecule has 25 heavy (non-hydrogen) atoms. The fourth-order valence-electron chi connectivity index (χ4n) is 2.34. The zero-order valence-corrected chi connectivity index (χ0v) is 14.6. The van der Waals surface area contributed by atoms with Gasteiger partial charge in [0.2, 0.25) is 0 Å². The summed E-state index contributed by atoms with van der Waals surface area (Å²) < 4.78 is 24.6. The molecule has 0 bridgehead atoms. The Bertz CT molecular complexity index is 722. The van der Waals surface area contributed by atoms with Gasteiger partial charge in [0, 0.05) is 11.6 Å². The number of hydrogen-bond acceptors (Lipinski definition) is 3. The fraction of sp³-hybridized carbons (Fsp3) is 0.316. The number of amides is 2. The summed E-state index contributed by atoms with van der Waals surface area (Å²) in [6.07, 6.45) is 0.896. The van der Waals surface area contributed by atoms with Gasteiger partial charge < -0.3 is 20.1 Å². The monoisotopic (exact) mass is 346 g/mol. The second kappa shape index (κ2) is 8.92. The van der Waals surface area contributed by atoms with Crippen LogP contribution in [0, 0.1) is 5.82 Å². The number of nitrogens with one attached hydrogen (secondary N) is 2. The van der Waals surface area contributed by atoms with Crippen LogP contribution in [-0.4, -0.2) is 19.7 Å². The van der Waals surface area contributed by atoms with Crippen molar-refractivity contribution < 1.29 is 18.7 Å². The number of rotatable bonds is 7. The first-order valence-corrected chi connectivity index (χ1v) is 8.18. The molecule has 6 heteroatoms. The van der Waals surface area contributed by atoms with Crippen molar-refractivity contribution >= 4 is 11.7 Å². The summed E-state index contributed by atoms with van der Waals surface area (Å²) in [6.45, 7) is 4.48. The van der Waals surface area contributed by atoms with Gasteiger partial charge in [0.1, 0.15) is 17.3 Å². The van der Waals surface area contributed by atoms with Crippen LogP contribution in [0.2, 0.25) is 0 Å². The maximum Gasteiger partial charge on any atom is 0.319 e. The minimum atomic E-state index is -0.561. The predicted molar refractivity (Wildman–Crippen MR) is 95.7 cm³/mol. The largest absolute Gasteiger partial charge is 0.497 e. The molecule has 5 nitrogen and oxygen atoms in total. The number of para-hydroxylation sites is 1. The summed E-state index contributed by atoms with van der Waals surface area (Å²) in [5.41, 5.74) is 0.947. The summed E-state index contributed by atoms with van der Waals surface area (Å²) in [6, 6.07) is 11.0. The second-order valence-corrected chi connectivity index (χ2v) is 5.55. The van der Waals surface area contributed by atoms with Crippen molar-refractivity contribution in [1.82, 2.24) is 5.32 Å². The van der Waals surface area contributed by atoms with E-state index in [1.54, 1.807) is 6.07 Å². The summed E-state index contributed by atoms with van der Waals surface area (Å²) in [5.74, 6) is 0.556. The minimum Gasteiger partial charge on any atom is -0.497 e. The van der Waals surface area contributed by atoms with Crippen LogP contribution in [0.4, 0.5) is 14.9 Å². The third-order valence-corrected chi connectivity index (χ3v) is 3.62. The second-order valence-electron chi connectivity index (χ2n) is 5.55. The molecule has 0 saturated carbocycles. The van der Waals surface area contributed by atoms with Gasteiger partial charge in [0.15, 0.2) is 0 Å². The van der Waals surface area contributed by atoms with Crippen molar-refractivity contribution in [1.29, 1.82) is 0 Å². The van der Waals surface area contributed by atoms with E-state index < -0.39 is 11.8 Å². The number of ether oxygens (including phenoxy) is 2. The zero-order valence-electron chi connectivity index (χ0n) is 14.6. The molecule has 2 N–H and O–H groups in total. The molecule has 134 valence electrons. The quantitative estimate of drug-likeness (QED) is 0.776. The van der Waals surface area contributed by atoms with Crippen LogP contribution in [0.15, 0.2) is 42.5 Å². The van der Waals surface area contributed by atoms with Crippen molar-refractivity contribution in [3.63, 3.8) is 0 Å². The SMILES string of the molecule is CCCOc1ccccc1[C@@H](C)NC(=O)Nc1ccc(OC)cc1F. The summed E-state index contributed by atoms with van der Waals surface area (Å²) in [7, 11) is 1.45. The van der Waals surface area contributed by atoms with Crippen molar-refractivity contribution in [3.05, 3.63) is 53.8 Å². The highest BCUT2D eigenvalue weighted by Crippen LogP contribution is 2.25. The molecule has 0 aromatic heterocycles. The van der Waals surface area contributed by atoms with Crippen LogP contribution in [0.1, 0.15) is 31.9 Å². The Morgan fingerprint density at radius 3 is 2.68 bits per heavy atom. The molecule has 0 heterocycles. The Balaban J connectivity index is 2.03. The van der Waals surface area contributed by atoms with Crippen molar-refractivity contribution in [2.75, 3.05) is 19.0 Å². The Kier molecular flexibility index (Phi) is 6.62. The molecule has 0 radical (unpaired) electrons. The average molecular weight is 346 g/mol. The van der Waals surface area contributed by atoms with E-state index in [0.29, 0.717) is 12.4 Å². The third-order valence-electron chi connectivity index (χ3n) is 3.62. The molecule has 2 aromatic rings. The fourth-order valence-corrected chi connectivity index (χ4v) is 2.34. The number of anilines is 1. The molecule has 2 rings (SSSR count). The van der Waals surface area contributed by atoms with Crippen LogP contribution in [-0.2, 0) is 0 Å². The molecule has 0 saturated heterocycles. The van der Waals surface area contributed by atoms with Gasteiger partial charge in [-0.15, -0.1) is 0 Å². The van der Waals surface area contributed by atoms with Crippen molar-refractivity contribution in [2.45, 2.75) is 26.3 Å². The highest BCUT2D eigenvalue weighted by atomic mass is 19.1. The standard InChI is InChI=1S/C19H23FN2O3/c1-4-11-25-18-8-6-5-7-15(18)13(2)21-19(23)22-17-10-9-14(24-3)12-16(17)20/h5-10,12-13H,4,11H2,1-3H3,(H2,21,22,23)/t13-/m1/s1. The molecule has 0 spiro atoms. The van der Waals surface area contributed by atoms with Gasteiger partial charge >= 0.3 is 6.03 Å². The molecular weight excluding hydrogens is 323 g/mol. The number of benzene rings is 2. The normalized spacial score (nSPS) is 11.5. The lowest BCUT2D eigenvalue weighted by atomic mass is 10.1. The molecule has 1 atom stereocenters. The Morgan fingerprint density at radius 2 is 2.00 bits per heavy atom. The first-order valence-electron chi connectivity index (χ1n) is 8.18. The smallest absolute Gasteiger partial charge is 0.319 e. The number of hydrogen-bond donors (Lipinski definition) is 2. The maximum absolute atomic E-state index is 13.9. The Labute approximate surface area is 147 Å². The van der Waals surface area contributed by atoms with Gasteiger partial charge in [-0.3, -0.25) is 0 Å². The minimum absolute atomic E-state index is 0.0843.